The van der Waals surface area contributed by atoms with Gasteiger partial charge in [-0.2, -0.15) is 0 Å². The minimum atomic E-state index is -1.56. The van der Waals surface area contributed by atoms with E-state index in [1.807, 2.05) is 24.3 Å². The van der Waals surface area contributed by atoms with E-state index in [0.717, 1.165) is 10.8 Å². The normalized spacial score (nSPS) is 13.8. The molecule has 0 saturated heterocycles. The maximum Gasteiger partial charge on any atom is 0.313 e. The molecule has 0 amide bonds. The van der Waals surface area contributed by atoms with E-state index in [2.05, 4.69) is 16.6 Å². The number of carbonyl (C=O) groups excluding carboxylic acids is 1. The molecule has 11 heteroatoms. The maximum atomic E-state index is 12.4. The van der Waals surface area contributed by atoms with Crippen LogP contribution in [0.3, 0.4) is 0 Å². The number of ether oxygens (including phenoxy) is 2. The van der Waals surface area contributed by atoms with Gasteiger partial charge in [0.2, 0.25) is 0 Å². The highest BCUT2D eigenvalue weighted by Gasteiger charge is 2.28. The first-order valence-corrected chi connectivity index (χ1v) is 8.41. The second-order valence-corrected chi connectivity index (χ2v) is 6.06. The van der Waals surface area contributed by atoms with Crippen LogP contribution >= 0.6 is 0 Å². The number of methoxy groups -OCH3 is 1. The molecular formula is C18H19N2O9. The van der Waals surface area contributed by atoms with E-state index in [1.165, 1.54) is 0 Å². The standard InChI is InChI=1S/C18H19N2O9/c1-11(13-4-5-15-9-16(26-3)7-6-14(15)8-13)18(21)27-10-17(29-20(24)25)12(2)28-19(22)23/h4-9,11-12,17H,2,10H2,1,3H3/t11-,12-,17-/m0/s1. The van der Waals surface area contributed by atoms with Gasteiger partial charge in [-0.15, -0.1) is 20.2 Å². The molecule has 0 saturated carbocycles. The van der Waals surface area contributed by atoms with Crippen LogP contribution in [0.2, 0.25) is 0 Å². The van der Waals surface area contributed by atoms with Gasteiger partial charge in [0.15, 0.2) is 6.10 Å². The fourth-order valence-corrected chi connectivity index (χ4v) is 2.56. The van der Waals surface area contributed by atoms with Crippen molar-refractivity contribution in [3.8, 4) is 5.75 Å². The van der Waals surface area contributed by atoms with Gasteiger partial charge in [-0.05, 0) is 42.3 Å². The molecule has 29 heavy (non-hydrogen) atoms. The minimum Gasteiger partial charge on any atom is -0.497 e. The molecule has 155 valence electrons. The van der Waals surface area contributed by atoms with Crippen LogP contribution in [-0.4, -0.2) is 42.1 Å². The lowest BCUT2D eigenvalue weighted by Crippen LogP contribution is -2.37. The molecule has 0 bridgehead atoms. The third kappa shape index (κ3) is 5.92. The van der Waals surface area contributed by atoms with E-state index in [9.17, 15) is 25.0 Å². The summed E-state index contributed by atoms with van der Waals surface area (Å²) < 4.78 is 10.2. The lowest BCUT2D eigenvalue weighted by molar-refractivity contribution is -0.796. The van der Waals surface area contributed by atoms with Crippen LogP contribution in [0.25, 0.3) is 10.8 Å². The fourth-order valence-electron chi connectivity index (χ4n) is 2.56. The fraction of sp³-hybridized carbons (Fsp3) is 0.333. The second kappa shape index (κ2) is 9.53. The maximum absolute atomic E-state index is 12.4. The van der Waals surface area contributed by atoms with E-state index >= 15 is 0 Å². The molecule has 0 heterocycles. The van der Waals surface area contributed by atoms with Gasteiger partial charge in [0, 0.05) is 0 Å². The predicted molar refractivity (Wildman–Crippen MR) is 99.0 cm³/mol. The van der Waals surface area contributed by atoms with Gasteiger partial charge < -0.3 is 19.1 Å². The Balaban J connectivity index is 2.07. The van der Waals surface area contributed by atoms with Crippen molar-refractivity contribution in [1.29, 1.82) is 0 Å². The number of fused-ring (bicyclic) bond motifs is 1. The second-order valence-electron chi connectivity index (χ2n) is 6.06. The zero-order valence-corrected chi connectivity index (χ0v) is 15.7. The highest BCUT2D eigenvalue weighted by molar-refractivity contribution is 5.86. The van der Waals surface area contributed by atoms with Gasteiger partial charge in [-0.1, -0.05) is 24.3 Å². The average molecular weight is 407 g/mol. The molecule has 2 rings (SSSR count). The third-order valence-corrected chi connectivity index (χ3v) is 4.17. The van der Waals surface area contributed by atoms with E-state index in [-0.39, 0.29) is 0 Å². The Morgan fingerprint density at radius 1 is 1.07 bits per heavy atom. The van der Waals surface area contributed by atoms with Crippen molar-refractivity contribution in [2.24, 2.45) is 0 Å². The molecule has 3 atom stereocenters. The molecular weight excluding hydrogens is 388 g/mol. The van der Waals surface area contributed by atoms with Crippen molar-refractivity contribution in [1.82, 2.24) is 0 Å². The van der Waals surface area contributed by atoms with E-state index in [1.54, 1.807) is 26.2 Å². The number of hydrogen-bond donors (Lipinski definition) is 0. The van der Waals surface area contributed by atoms with Gasteiger partial charge in [-0.25, -0.2) is 0 Å². The van der Waals surface area contributed by atoms with Crippen molar-refractivity contribution in [3.63, 3.8) is 0 Å². The van der Waals surface area contributed by atoms with Crippen LogP contribution in [0.15, 0.2) is 36.4 Å². The van der Waals surface area contributed by atoms with Gasteiger partial charge in [0.25, 0.3) is 10.2 Å². The molecule has 2 aromatic carbocycles. The molecule has 2 aromatic rings. The van der Waals surface area contributed by atoms with Crippen molar-refractivity contribution in [2.75, 3.05) is 13.7 Å². The van der Waals surface area contributed by atoms with E-state index < -0.39 is 40.9 Å². The summed E-state index contributed by atoms with van der Waals surface area (Å²) in [7, 11) is 1.57. The third-order valence-electron chi connectivity index (χ3n) is 4.17. The van der Waals surface area contributed by atoms with Gasteiger partial charge in [0.1, 0.15) is 18.5 Å². The molecule has 0 aliphatic carbocycles. The smallest absolute Gasteiger partial charge is 0.313 e. The summed E-state index contributed by atoms with van der Waals surface area (Å²) in [6.45, 7) is 4.23. The zero-order valence-electron chi connectivity index (χ0n) is 15.7. The van der Waals surface area contributed by atoms with Crippen LogP contribution in [0.4, 0.5) is 0 Å². The number of hydrogen-bond acceptors (Lipinski definition) is 9. The Hall–Kier alpha value is -3.63. The number of rotatable bonds is 10. The summed E-state index contributed by atoms with van der Waals surface area (Å²) in [4.78, 5) is 41.7. The van der Waals surface area contributed by atoms with Gasteiger partial charge >= 0.3 is 5.97 Å². The molecule has 0 unspecified atom stereocenters. The van der Waals surface area contributed by atoms with Crippen LogP contribution in [0, 0.1) is 27.2 Å². The molecule has 11 nitrogen and oxygen atoms in total. The zero-order chi connectivity index (χ0) is 21.6. The molecule has 0 aromatic heterocycles. The Labute approximate surface area is 165 Å². The molecule has 1 radical (unpaired) electrons. The van der Waals surface area contributed by atoms with Gasteiger partial charge in [-0.3, -0.25) is 4.79 Å². The van der Waals surface area contributed by atoms with Crippen LogP contribution in [-0.2, 0) is 19.2 Å². The Morgan fingerprint density at radius 2 is 1.69 bits per heavy atom. The molecule has 0 fully saturated rings. The predicted octanol–water partition coefficient (Wildman–Crippen LogP) is 2.48. The quantitative estimate of drug-likeness (QED) is 0.330. The first-order chi connectivity index (χ1) is 13.7. The van der Waals surface area contributed by atoms with Gasteiger partial charge in [0.05, 0.1) is 13.0 Å². The molecule has 0 aliphatic heterocycles. The average Bonchev–Trinajstić information content (AvgIpc) is 2.68. The number of nitrogens with zero attached hydrogens (tertiary/aromatic N) is 2. The molecule has 0 N–H and O–H groups in total. The monoisotopic (exact) mass is 407 g/mol. The summed E-state index contributed by atoms with van der Waals surface area (Å²) in [6, 6.07) is 10.9. The van der Waals surface area contributed by atoms with Crippen molar-refractivity contribution in [2.45, 2.75) is 25.0 Å². The minimum absolute atomic E-state index is 0.642. The molecule has 0 spiro atoms. The SMILES string of the molecule is [CH2][C@H](O[N+](=O)[O-])[C@H](COC(=O)[C@@H](C)c1ccc2cc(OC)ccc2c1)O[N+](=O)[O-]. The van der Waals surface area contributed by atoms with Crippen molar-refractivity contribution in [3.05, 3.63) is 69.1 Å². The van der Waals surface area contributed by atoms with Crippen LogP contribution in [0.5, 0.6) is 5.75 Å². The van der Waals surface area contributed by atoms with E-state index in [0.29, 0.717) is 11.3 Å². The first kappa shape index (κ1) is 21.7. The summed E-state index contributed by atoms with van der Waals surface area (Å²) >= 11 is 0. The summed E-state index contributed by atoms with van der Waals surface area (Å²) in [6.07, 6.45) is -3.12. The summed E-state index contributed by atoms with van der Waals surface area (Å²) in [5.74, 6) is -0.685. The number of carbonyl (C=O) groups is 1. The topological polar surface area (TPSA) is 140 Å². The largest absolute Gasteiger partial charge is 0.497 e. The lowest BCUT2D eigenvalue weighted by atomic mass is 9.98. The summed E-state index contributed by atoms with van der Waals surface area (Å²) in [5, 5.41) is 20.4. The Kier molecular flexibility index (Phi) is 7.12. The highest BCUT2D eigenvalue weighted by Crippen LogP contribution is 2.26. The first-order valence-electron chi connectivity index (χ1n) is 8.41. The van der Waals surface area contributed by atoms with Crippen molar-refractivity contribution < 1.29 is 34.1 Å². The lowest BCUT2D eigenvalue weighted by Gasteiger charge is -2.21. The Morgan fingerprint density at radius 3 is 2.31 bits per heavy atom. The molecule has 0 aliphatic rings. The van der Waals surface area contributed by atoms with E-state index in [4.69, 9.17) is 9.47 Å². The number of esters is 1. The van der Waals surface area contributed by atoms with Crippen LogP contribution < -0.4 is 4.74 Å². The number of benzene rings is 2. The van der Waals surface area contributed by atoms with Crippen LogP contribution in [0.1, 0.15) is 18.4 Å². The highest BCUT2D eigenvalue weighted by atomic mass is 17.0. The van der Waals surface area contributed by atoms with Crippen molar-refractivity contribution >= 4 is 16.7 Å². The summed E-state index contributed by atoms with van der Waals surface area (Å²) in [5.41, 5.74) is 0.659. The Bertz CT molecular complexity index is 902.